The highest BCUT2D eigenvalue weighted by atomic mass is 19.3. The first-order valence-electron chi connectivity index (χ1n) is 11.6. The third kappa shape index (κ3) is 4.90. The Labute approximate surface area is 206 Å². The molecule has 3 aromatic rings. The molecule has 4 rings (SSSR count). The number of hydrogen-bond donors (Lipinski definition) is 1. The number of methoxy groups -OCH3 is 2. The minimum Gasteiger partial charge on any atom is -0.467 e. The molecule has 1 aliphatic heterocycles. The fraction of sp³-hybridized carbons (Fsp3) is 0.480. The normalized spacial score (nSPS) is 16.3. The zero-order valence-electron chi connectivity index (χ0n) is 20.6. The minimum atomic E-state index is -2.94. The number of hydrogen-bond acceptors (Lipinski definition) is 7. The molecule has 11 heteroatoms. The molecule has 8 nitrogen and oxygen atoms in total. The second-order valence-corrected chi connectivity index (χ2v) is 8.93. The molecule has 1 N–H and O–H groups in total. The van der Waals surface area contributed by atoms with Crippen LogP contribution in [0.25, 0.3) is 10.9 Å². The first-order valence-corrected chi connectivity index (χ1v) is 11.6. The van der Waals surface area contributed by atoms with Gasteiger partial charge in [-0.2, -0.15) is 9.97 Å². The fourth-order valence-corrected chi connectivity index (χ4v) is 4.54. The number of nitrogens with zero attached hydrogens (tertiary/aromatic N) is 3. The SMILES string of the molecule is COc1nc(N[C@H](C)c2cccc(C(F)F)c2F)c2cn(CC3(OC)CCOCC3)c(=O)c(C)c2n1. The van der Waals surface area contributed by atoms with Crippen LogP contribution in [0.1, 0.15) is 48.9 Å². The Balaban J connectivity index is 1.80. The van der Waals surface area contributed by atoms with Crippen molar-refractivity contribution in [1.29, 1.82) is 0 Å². The molecule has 0 amide bonds. The summed E-state index contributed by atoms with van der Waals surface area (Å²) in [6.07, 6.45) is -0.0314. The molecule has 36 heavy (non-hydrogen) atoms. The predicted octanol–water partition coefficient (Wildman–Crippen LogP) is 4.55. The Bertz CT molecular complexity index is 1310. The summed E-state index contributed by atoms with van der Waals surface area (Å²) in [6.45, 7) is 4.66. The fourth-order valence-electron chi connectivity index (χ4n) is 4.54. The lowest BCUT2D eigenvalue weighted by atomic mass is 9.93. The monoisotopic (exact) mass is 506 g/mol. The van der Waals surface area contributed by atoms with Crippen molar-refractivity contribution >= 4 is 16.7 Å². The van der Waals surface area contributed by atoms with E-state index in [1.165, 1.54) is 19.2 Å². The number of fused-ring (bicyclic) bond motifs is 1. The van der Waals surface area contributed by atoms with Crippen molar-refractivity contribution in [3.05, 3.63) is 57.3 Å². The van der Waals surface area contributed by atoms with Gasteiger partial charge in [0.2, 0.25) is 0 Å². The lowest BCUT2D eigenvalue weighted by Crippen LogP contribution is -2.44. The molecule has 1 aromatic carbocycles. The lowest BCUT2D eigenvalue weighted by molar-refractivity contribution is -0.0989. The van der Waals surface area contributed by atoms with E-state index in [9.17, 15) is 18.0 Å². The smallest absolute Gasteiger partial charge is 0.318 e. The molecule has 1 fully saturated rings. The Morgan fingerprint density at radius 3 is 2.53 bits per heavy atom. The first-order chi connectivity index (χ1) is 17.2. The van der Waals surface area contributed by atoms with Gasteiger partial charge in [0.15, 0.2) is 0 Å². The Morgan fingerprint density at radius 1 is 1.19 bits per heavy atom. The van der Waals surface area contributed by atoms with Crippen LogP contribution in [0.5, 0.6) is 6.01 Å². The number of benzene rings is 1. The summed E-state index contributed by atoms with van der Waals surface area (Å²) in [5.74, 6) is -0.700. The molecule has 0 spiro atoms. The number of aromatic nitrogens is 3. The highest BCUT2D eigenvalue weighted by molar-refractivity contribution is 5.90. The van der Waals surface area contributed by atoms with Gasteiger partial charge in [-0.25, -0.2) is 13.2 Å². The molecule has 1 saturated heterocycles. The van der Waals surface area contributed by atoms with Gasteiger partial charge in [-0.15, -0.1) is 0 Å². The van der Waals surface area contributed by atoms with Crippen LogP contribution in [0.2, 0.25) is 0 Å². The topological polar surface area (TPSA) is 87.5 Å². The van der Waals surface area contributed by atoms with Crippen molar-refractivity contribution in [2.45, 2.75) is 51.3 Å². The van der Waals surface area contributed by atoms with Gasteiger partial charge in [0.25, 0.3) is 12.0 Å². The van der Waals surface area contributed by atoms with Crippen LogP contribution in [-0.4, -0.2) is 47.6 Å². The maximum absolute atomic E-state index is 14.8. The number of aryl methyl sites for hydroxylation is 1. The molecular formula is C25H29F3N4O4. The van der Waals surface area contributed by atoms with Gasteiger partial charge in [-0.3, -0.25) is 4.79 Å². The first kappa shape index (κ1) is 25.9. The maximum atomic E-state index is 14.8. The van der Waals surface area contributed by atoms with E-state index >= 15 is 0 Å². The summed E-state index contributed by atoms with van der Waals surface area (Å²) in [6, 6.07) is 3.17. The van der Waals surface area contributed by atoms with Crippen LogP contribution in [0.4, 0.5) is 19.0 Å². The Kier molecular flexibility index (Phi) is 7.51. The van der Waals surface area contributed by atoms with Crippen LogP contribution in [0.15, 0.2) is 29.2 Å². The zero-order valence-corrected chi connectivity index (χ0v) is 20.6. The number of pyridine rings is 1. The van der Waals surface area contributed by atoms with Crippen molar-refractivity contribution in [3.63, 3.8) is 0 Å². The van der Waals surface area contributed by atoms with Crippen LogP contribution in [0, 0.1) is 12.7 Å². The largest absolute Gasteiger partial charge is 0.467 e. The van der Waals surface area contributed by atoms with E-state index in [0.29, 0.717) is 49.1 Å². The van der Waals surface area contributed by atoms with Crippen molar-refractivity contribution < 1.29 is 27.4 Å². The zero-order chi connectivity index (χ0) is 26.0. The molecule has 0 aliphatic carbocycles. The molecular weight excluding hydrogens is 477 g/mol. The summed E-state index contributed by atoms with van der Waals surface area (Å²) < 4.78 is 59.4. The molecule has 1 aliphatic rings. The van der Waals surface area contributed by atoms with E-state index in [1.54, 1.807) is 31.7 Å². The number of rotatable bonds is 8. The second kappa shape index (κ2) is 10.4. The van der Waals surface area contributed by atoms with Gasteiger partial charge in [0.05, 0.1) is 41.8 Å². The van der Waals surface area contributed by atoms with Crippen molar-refractivity contribution in [2.75, 3.05) is 32.8 Å². The van der Waals surface area contributed by atoms with Crippen LogP contribution < -0.4 is 15.6 Å². The third-order valence-electron chi connectivity index (χ3n) is 6.74. The van der Waals surface area contributed by atoms with E-state index in [4.69, 9.17) is 14.2 Å². The molecule has 1 atom stereocenters. The van der Waals surface area contributed by atoms with Crippen molar-refractivity contribution in [1.82, 2.24) is 14.5 Å². The number of anilines is 1. The number of halogens is 3. The number of ether oxygens (including phenoxy) is 3. The molecule has 0 bridgehead atoms. The average Bonchev–Trinajstić information content (AvgIpc) is 2.87. The highest BCUT2D eigenvalue weighted by Gasteiger charge is 2.34. The maximum Gasteiger partial charge on any atom is 0.318 e. The quantitative estimate of drug-likeness (QED) is 0.480. The lowest BCUT2D eigenvalue weighted by Gasteiger charge is -2.36. The Hall–Kier alpha value is -3.18. The van der Waals surface area contributed by atoms with Gasteiger partial charge >= 0.3 is 6.01 Å². The molecule has 0 radical (unpaired) electrons. The summed E-state index contributed by atoms with van der Waals surface area (Å²) in [7, 11) is 3.01. The van der Waals surface area contributed by atoms with E-state index < -0.39 is 29.4 Å². The molecule has 0 saturated carbocycles. The van der Waals surface area contributed by atoms with Crippen LogP contribution in [-0.2, 0) is 16.0 Å². The standard InChI is InChI=1S/C25H29F3N4O4/c1-14-20-18(12-32(23(14)33)13-25(35-4)8-10-36-11-9-25)22(31-24(30-20)34-3)29-15(2)16-6-5-7-17(19(16)26)21(27)28/h5-7,12,15,21H,8-11,13H2,1-4H3,(H,29,30,31)/t15-/m1/s1. The predicted molar refractivity (Wildman–Crippen MR) is 128 cm³/mol. The van der Waals surface area contributed by atoms with Crippen LogP contribution in [0.3, 0.4) is 0 Å². The average molecular weight is 507 g/mol. The van der Waals surface area contributed by atoms with Crippen molar-refractivity contribution in [2.24, 2.45) is 0 Å². The van der Waals surface area contributed by atoms with Gasteiger partial charge in [0, 0.05) is 50.5 Å². The summed E-state index contributed by atoms with van der Waals surface area (Å²) in [5.41, 5.74) is -0.650. The summed E-state index contributed by atoms with van der Waals surface area (Å²) in [5, 5.41) is 3.60. The minimum absolute atomic E-state index is 0.0112. The van der Waals surface area contributed by atoms with E-state index in [2.05, 4.69) is 15.3 Å². The highest BCUT2D eigenvalue weighted by Crippen LogP contribution is 2.32. The van der Waals surface area contributed by atoms with Gasteiger partial charge < -0.3 is 24.1 Å². The van der Waals surface area contributed by atoms with E-state index in [-0.39, 0.29) is 23.0 Å². The Morgan fingerprint density at radius 2 is 1.89 bits per heavy atom. The van der Waals surface area contributed by atoms with Gasteiger partial charge in [-0.1, -0.05) is 18.2 Å². The molecule has 2 aromatic heterocycles. The van der Waals surface area contributed by atoms with E-state index in [0.717, 1.165) is 6.07 Å². The van der Waals surface area contributed by atoms with Gasteiger partial charge in [0.1, 0.15) is 11.6 Å². The number of nitrogens with one attached hydrogen (secondary N) is 1. The number of alkyl halides is 2. The second-order valence-electron chi connectivity index (χ2n) is 8.93. The van der Waals surface area contributed by atoms with Crippen molar-refractivity contribution in [3.8, 4) is 6.01 Å². The van der Waals surface area contributed by atoms with E-state index in [1.807, 2.05) is 0 Å². The van der Waals surface area contributed by atoms with Gasteiger partial charge in [-0.05, 0) is 13.8 Å². The summed E-state index contributed by atoms with van der Waals surface area (Å²) in [4.78, 5) is 22.0. The third-order valence-corrected chi connectivity index (χ3v) is 6.74. The summed E-state index contributed by atoms with van der Waals surface area (Å²) >= 11 is 0. The molecule has 194 valence electrons. The molecule has 0 unspecified atom stereocenters. The molecule has 3 heterocycles. The van der Waals surface area contributed by atoms with Crippen LogP contribution >= 0.6 is 0 Å².